The van der Waals surface area contributed by atoms with Crippen LogP contribution in [-0.4, -0.2) is 4.98 Å². The van der Waals surface area contributed by atoms with Crippen LogP contribution in [0, 0.1) is 3.70 Å². The van der Waals surface area contributed by atoms with Crippen molar-refractivity contribution >= 4 is 45.1 Å². The van der Waals surface area contributed by atoms with Crippen molar-refractivity contribution in [3.05, 3.63) is 39.1 Å². The second kappa shape index (κ2) is 3.18. The van der Waals surface area contributed by atoms with E-state index in [1.54, 1.807) is 0 Å². The van der Waals surface area contributed by atoms with Crippen molar-refractivity contribution in [2.45, 2.75) is 0 Å². The summed E-state index contributed by atoms with van der Waals surface area (Å²) in [6.07, 6.45) is 0. The van der Waals surface area contributed by atoms with E-state index in [1.807, 2.05) is 30.3 Å². The van der Waals surface area contributed by atoms with Crippen molar-refractivity contribution in [3.63, 3.8) is 0 Å². The van der Waals surface area contributed by atoms with E-state index in [1.165, 1.54) is 0 Å². The fraction of sp³-hybridized carbons (Fsp3) is 0. The van der Waals surface area contributed by atoms with Crippen molar-refractivity contribution in [3.8, 4) is 0 Å². The lowest BCUT2D eigenvalue weighted by Gasteiger charge is -1.98. The number of nitrogens with zero attached hydrogens (tertiary/aromatic N) is 1. The van der Waals surface area contributed by atoms with Gasteiger partial charge in [0.1, 0.15) is 3.70 Å². The summed E-state index contributed by atoms with van der Waals surface area (Å²) in [5.74, 6) is 0. The van der Waals surface area contributed by atoms with E-state index < -0.39 is 0 Å². The normalized spacial score (nSPS) is 10.5. The molecule has 1 aromatic carbocycles. The minimum Gasteiger partial charge on any atom is -0.242 e. The van der Waals surface area contributed by atoms with E-state index in [4.69, 9.17) is 11.6 Å². The Hall–Kier alpha value is -0.350. The monoisotopic (exact) mass is 289 g/mol. The molecule has 0 radical (unpaired) electrons. The van der Waals surface area contributed by atoms with Crippen molar-refractivity contribution in [2.24, 2.45) is 0 Å². The Morgan fingerprint density at radius 2 is 2.00 bits per heavy atom. The molecule has 0 spiro atoms. The fourth-order valence-electron chi connectivity index (χ4n) is 1.09. The zero-order valence-corrected chi connectivity index (χ0v) is 9.00. The van der Waals surface area contributed by atoms with Crippen LogP contribution in [-0.2, 0) is 0 Å². The summed E-state index contributed by atoms with van der Waals surface area (Å²) in [4.78, 5) is 4.34. The predicted molar refractivity (Wildman–Crippen MR) is 59.5 cm³/mol. The summed E-state index contributed by atoms with van der Waals surface area (Å²) in [5, 5.41) is 1.77. The number of aromatic nitrogens is 1. The Labute approximate surface area is 88.9 Å². The first-order valence-electron chi connectivity index (χ1n) is 3.48. The van der Waals surface area contributed by atoms with Gasteiger partial charge in [0.15, 0.2) is 0 Å². The van der Waals surface area contributed by atoms with Gasteiger partial charge >= 0.3 is 0 Å². The van der Waals surface area contributed by atoms with Crippen LogP contribution < -0.4 is 0 Å². The standard InChI is InChI=1S/C9H5ClIN/c10-7-2-1-3-8-6(7)4-5-9(11)12-8/h1-5H. The number of hydrogen-bond donors (Lipinski definition) is 0. The summed E-state index contributed by atoms with van der Waals surface area (Å²) in [5.41, 5.74) is 0.953. The summed E-state index contributed by atoms with van der Waals surface area (Å²) in [6, 6.07) is 9.69. The highest BCUT2D eigenvalue weighted by Crippen LogP contribution is 2.21. The topological polar surface area (TPSA) is 12.9 Å². The van der Waals surface area contributed by atoms with E-state index in [9.17, 15) is 0 Å². The Morgan fingerprint density at radius 1 is 1.17 bits per heavy atom. The van der Waals surface area contributed by atoms with Crippen LogP contribution in [0.15, 0.2) is 30.3 Å². The van der Waals surface area contributed by atoms with Crippen molar-refractivity contribution in [2.75, 3.05) is 0 Å². The smallest absolute Gasteiger partial charge is 0.102 e. The molecule has 60 valence electrons. The predicted octanol–water partition coefficient (Wildman–Crippen LogP) is 3.49. The van der Waals surface area contributed by atoms with E-state index in [0.29, 0.717) is 0 Å². The molecule has 1 nitrogen and oxygen atoms in total. The Morgan fingerprint density at radius 3 is 2.83 bits per heavy atom. The molecule has 0 saturated heterocycles. The number of halogens is 2. The molecule has 2 aromatic rings. The number of hydrogen-bond acceptors (Lipinski definition) is 1. The number of rotatable bonds is 0. The molecule has 0 bridgehead atoms. The van der Waals surface area contributed by atoms with Crippen molar-refractivity contribution in [1.82, 2.24) is 4.98 Å². The van der Waals surface area contributed by atoms with Gasteiger partial charge in [-0.05, 0) is 46.9 Å². The van der Waals surface area contributed by atoms with E-state index in [-0.39, 0.29) is 0 Å². The first-order chi connectivity index (χ1) is 5.77. The molecular formula is C9H5ClIN. The van der Waals surface area contributed by atoms with E-state index >= 15 is 0 Å². The second-order valence-electron chi connectivity index (χ2n) is 2.44. The third kappa shape index (κ3) is 1.41. The Kier molecular flexibility index (Phi) is 2.19. The van der Waals surface area contributed by atoms with Gasteiger partial charge in [0.2, 0.25) is 0 Å². The van der Waals surface area contributed by atoms with Crippen LogP contribution in [0.4, 0.5) is 0 Å². The minimum atomic E-state index is 0.761. The van der Waals surface area contributed by atoms with Crippen LogP contribution in [0.1, 0.15) is 0 Å². The fourth-order valence-corrected chi connectivity index (χ4v) is 1.76. The van der Waals surface area contributed by atoms with E-state index in [2.05, 4.69) is 27.6 Å². The van der Waals surface area contributed by atoms with Gasteiger partial charge in [0.05, 0.1) is 5.52 Å². The largest absolute Gasteiger partial charge is 0.242 e. The summed E-state index contributed by atoms with van der Waals surface area (Å²) in [6.45, 7) is 0. The zero-order valence-electron chi connectivity index (χ0n) is 6.09. The van der Waals surface area contributed by atoms with Crippen LogP contribution in [0.2, 0.25) is 5.02 Å². The molecule has 0 unspecified atom stereocenters. The summed E-state index contributed by atoms with van der Waals surface area (Å²) >= 11 is 8.15. The third-order valence-corrected chi connectivity index (χ3v) is 2.58. The van der Waals surface area contributed by atoms with Crippen molar-refractivity contribution in [1.29, 1.82) is 0 Å². The number of benzene rings is 1. The van der Waals surface area contributed by atoms with Crippen LogP contribution in [0.5, 0.6) is 0 Å². The van der Waals surface area contributed by atoms with Gasteiger partial charge < -0.3 is 0 Å². The lowest BCUT2D eigenvalue weighted by molar-refractivity contribution is 1.35. The van der Waals surface area contributed by atoms with Gasteiger partial charge in [-0.25, -0.2) is 4.98 Å². The molecule has 12 heavy (non-hydrogen) atoms. The Bertz CT molecular complexity index is 428. The molecule has 0 aliphatic rings. The highest BCUT2D eigenvalue weighted by atomic mass is 127. The van der Waals surface area contributed by atoms with Gasteiger partial charge in [-0.2, -0.15) is 0 Å². The van der Waals surface area contributed by atoms with Crippen LogP contribution >= 0.6 is 34.2 Å². The first kappa shape index (κ1) is 8.26. The van der Waals surface area contributed by atoms with Gasteiger partial charge in [-0.3, -0.25) is 0 Å². The molecule has 0 fully saturated rings. The third-order valence-electron chi connectivity index (χ3n) is 1.64. The number of fused-ring (bicyclic) bond motifs is 1. The maximum Gasteiger partial charge on any atom is 0.102 e. The molecule has 0 atom stereocenters. The van der Waals surface area contributed by atoms with E-state index in [0.717, 1.165) is 19.6 Å². The molecule has 0 amide bonds. The molecular weight excluding hydrogens is 284 g/mol. The first-order valence-corrected chi connectivity index (χ1v) is 4.94. The van der Waals surface area contributed by atoms with Crippen LogP contribution in [0.3, 0.4) is 0 Å². The molecule has 0 aliphatic heterocycles. The highest BCUT2D eigenvalue weighted by molar-refractivity contribution is 14.1. The van der Waals surface area contributed by atoms with Crippen molar-refractivity contribution < 1.29 is 0 Å². The van der Waals surface area contributed by atoms with Gasteiger partial charge in [-0.15, -0.1) is 0 Å². The molecule has 0 aliphatic carbocycles. The van der Waals surface area contributed by atoms with Crippen LogP contribution in [0.25, 0.3) is 10.9 Å². The Balaban J connectivity index is 2.86. The van der Waals surface area contributed by atoms with Gasteiger partial charge in [0.25, 0.3) is 0 Å². The summed E-state index contributed by atoms with van der Waals surface area (Å²) in [7, 11) is 0. The molecule has 2 rings (SSSR count). The lowest BCUT2D eigenvalue weighted by Crippen LogP contribution is -1.82. The number of pyridine rings is 1. The second-order valence-corrected chi connectivity index (χ2v) is 3.95. The average Bonchev–Trinajstić information content (AvgIpc) is 2.04. The molecule has 0 N–H and O–H groups in total. The maximum atomic E-state index is 5.97. The van der Waals surface area contributed by atoms with Gasteiger partial charge in [0, 0.05) is 10.4 Å². The molecule has 1 aromatic heterocycles. The SMILES string of the molecule is Clc1cccc2nc(I)ccc12. The summed E-state index contributed by atoms with van der Waals surface area (Å²) < 4.78 is 0.988. The maximum absolute atomic E-state index is 5.97. The quantitative estimate of drug-likeness (QED) is 0.534. The van der Waals surface area contributed by atoms with Gasteiger partial charge in [-0.1, -0.05) is 17.7 Å². The molecule has 0 saturated carbocycles. The zero-order chi connectivity index (χ0) is 8.55. The lowest BCUT2D eigenvalue weighted by atomic mass is 10.2. The minimum absolute atomic E-state index is 0.761. The molecule has 3 heteroatoms. The molecule has 1 heterocycles. The average molecular weight is 290 g/mol. The highest BCUT2D eigenvalue weighted by Gasteiger charge is 1.98.